The van der Waals surface area contributed by atoms with Gasteiger partial charge in [-0.15, -0.1) is 0 Å². The van der Waals surface area contributed by atoms with Gasteiger partial charge in [0.1, 0.15) is 5.60 Å². The van der Waals surface area contributed by atoms with Crippen LogP contribution in [0.3, 0.4) is 0 Å². The molecule has 0 radical (unpaired) electrons. The highest BCUT2D eigenvalue weighted by atomic mass is 16.6. The molecule has 1 atom stereocenters. The molecule has 19 heavy (non-hydrogen) atoms. The van der Waals surface area contributed by atoms with Crippen LogP contribution >= 0.6 is 0 Å². The van der Waals surface area contributed by atoms with Gasteiger partial charge in [-0.2, -0.15) is 0 Å². The van der Waals surface area contributed by atoms with Crippen molar-refractivity contribution in [3.05, 3.63) is 34.9 Å². The molecule has 4 nitrogen and oxygen atoms in total. The van der Waals surface area contributed by atoms with Crippen LogP contribution in [0.4, 0.5) is 4.79 Å². The first kappa shape index (κ1) is 15.5. The van der Waals surface area contributed by atoms with E-state index in [0.29, 0.717) is 6.54 Å². The molecule has 1 rings (SSSR count). The second-order valence-corrected chi connectivity index (χ2v) is 5.78. The average molecular weight is 264 g/mol. The Hall–Kier alpha value is -1.55. The Bertz CT molecular complexity index is 450. The van der Waals surface area contributed by atoms with Crippen molar-refractivity contribution in [1.29, 1.82) is 0 Å². The van der Waals surface area contributed by atoms with Gasteiger partial charge in [-0.05, 0) is 51.3 Å². The maximum absolute atomic E-state index is 11.8. The second-order valence-electron chi connectivity index (χ2n) is 5.78. The maximum atomic E-state index is 11.8. The van der Waals surface area contributed by atoms with Crippen LogP contribution in [0.15, 0.2) is 18.2 Å². The highest BCUT2D eigenvalue weighted by Crippen LogP contribution is 2.17. The molecular formula is C15H24N2O2. The fraction of sp³-hybridized carbons (Fsp3) is 0.533. The molecule has 1 unspecified atom stereocenters. The third kappa shape index (κ3) is 4.91. The van der Waals surface area contributed by atoms with Crippen molar-refractivity contribution >= 4 is 6.09 Å². The lowest BCUT2D eigenvalue weighted by Crippen LogP contribution is -2.37. The summed E-state index contributed by atoms with van der Waals surface area (Å²) < 4.78 is 5.24. The minimum absolute atomic E-state index is 0.228. The van der Waals surface area contributed by atoms with Crippen LogP contribution < -0.4 is 11.1 Å². The molecule has 0 bridgehead atoms. The molecule has 3 N–H and O–H groups in total. The van der Waals surface area contributed by atoms with Gasteiger partial charge in [-0.3, -0.25) is 0 Å². The van der Waals surface area contributed by atoms with Crippen molar-refractivity contribution in [1.82, 2.24) is 5.32 Å². The zero-order valence-electron chi connectivity index (χ0n) is 12.4. The van der Waals surface area contributed by atoms with Crippen LogP contribution in [0, 0.1) is 13.8 Å². The van der Waals surface area contributed by atoms with E-state index in [1.165, 1.54) is 11.1 Å². The predicted molar refractivity (Wildman–Crippen MR) is 77.1 cm³/mol. The number of hydrogen-bond donors (Lipinski definition) is 2. The minimum atomic E-state index is -0.508. The van der Waals surface area contributed by atoms with Crippen LogP contribution in [0.2, 0.25) is 0 Å². The Kier molecular flexibility index (Phi) is 4.95. The normalized spacial score (nSPS) is 12.9. The molecule has 1 amide bonds. The van der Waals surface area contributed by atoms with E-state index in [1.807, 2.05) is 45.9 Å². The number of hydrogen-bond acceptors (Lipinski definition) is 3. The molecule has 1 aromatic carbocycles. The Labute approximate surface area is 115 Å². The largest absolute Gasteiger partial charge is 0.444 e. The van der Waals surface area contributed by atoms with Gasteiger partial charge in [0.25, 0.3) is 0 Å². The van der Waals surface area contributed by atoms with Crippen LogP contribution in [0.25, 0.3) is 0 Å². The summed E-state index contributed by atoms with van der Waals surface area (Å²) in [5.41, 5.74) is 8.63. The number of amides is 1. The maximum Gasteiger partial charge on any atom is 0.408 e. The number of alkyl carbamates (subject to hydrolysis) is 1. The summed E-state index contributed by atoms with van der Waals surface area (Å²) in [7, 11) is 0. The molecule has 0 aromatic heterocycles. The quantitative estimate of drug-likeness (QED) is 0.882. The molecule has 106 valence electrons. The van der Waals surface area contributed by atoms with Gasteiger partial charge in [-0.25, -0.2) is 4.79 Å². The van der Waals surface area contributed by atoms with Crippen LogP contribution in [-0.2, 0) is 4.74 Å². The number of benzene rings is 1. The van der Waals surface area contributed by atoms with Crippen molar-refractivity contribution in [3.63, 3.8) is 0 Å². The lowest BCUT2D eigenvalue weighted by atomic mass is 10.0. The summed E-state index contributed by atoms with van der Waals surface area (Å²) in [6.45, 7) is 9.93. The SMILES string of the molecule is Cc1ccc(C(CN)NC(=O)OC(C)(C)C)cc1C. The first-order chi connectivity index (χ1) is 8.73. The van der Waals surface area contributed by atoms with Gasteiger partial charge in [0.15, 0.2) is 0 Å². The smallest absolute Gasteiger partial charge is 0.408 e. The number of carbonyl (C=O) groups excluding carboxylic acids is 1. The van der Waals surface area contributed by atoms with Crippen LogP contribution in [0.5, 0.6) is 0 Å². The summed E-state index contributed by atoms with van der Waals surface area (Å²) in [6, 6.07) is 5.83. The Morgan fingerprint density at radius 3 is 2.42 bits per heavy atom. The summed E-state index contributed by atoms with van der Waals surface area (Å²) in [6.07, 6.45) is -0.443. The van der Waals surface area contributed by atoms with Crippen molar-refractivity contribution in [3.8, 4) is 0 Å². The average Bonchev–Trinajstić information content (AvgIpc) is 2.27. The fourth-order valence-electron chi connectivity index (χ4n) is 1.71. The van der Waals surface area contributed by atoms with Crippen molar-refractivity contribution in [2.45, 2.75) is 46.3 Å². The van der Waals surface area contributed by atoms with E-state index in [1.54, 1.807) is 0 Å². The fourth-order valence-corrected chi connectivity index (χ4v) is 1.71. The van der Waals surface area contributed by atoms with Gasteiger partial charge in [-0.1, -0.05) is 18.2 Å². The highest BCUT2D eigenvalue weighted by molar-refractivity contribution is 5.68. The van der Waals surface area contributed by atoms with Gasteiger partial charge in [0, 0.05) is 6.54 Å². The zero-order valence-corrected chi connectivity index (χ0v) is 12.4. The zero-order chi connectivity index (χ0) is 14.6. The number of carbonyl (C=O) groups is 1. The molecule has 0 heterocycles. The third-order valence-corrected chi connectivity index (χ3v) is 2.86. The monoisotopic (exact) mass is 264 g/mol. The van der Waals surface area contributed by atoms with E-state index < -0.39 is 11.7 Å². The molecule has 1 aromatic rings. The lowest BCUT2D eigenvalue weighted by molar-refractivity contribution is 0.0505. The van der Waals surface area contributed by atoms with E-state index in [9.17, 15) is 4.79 Å². The molecule has 0 spiro atoms. The molecule has 0 fully saturated rings. The van der Waals surface area contributed by atoms with Crippen molar-refractivity contribution in [2.24, 2.45) is 5.73 Å². The first-order valence-electron chi connectivity index (χ1n) is 6.49. The number of rotatable bonds is 3. The van der Waals surface area contributed by atoms with Gasteiger partial charge in [0.05, 0.1) is 6.04 Å². The number of aryl methyl sites for hydroxylation is 2. The number of nitrogens with two attached hydrogens (primary N) is 1. The number of ether oxygens (including phenoxy) is 1. The molecule has 0 saturated carbocycles. The number of nitrogens with one attached hydrogen (secondary N) is 1. The van der Waals surface area contributed by atoms with E-state index >= 15 is 0 Å². The Balaban J connectivity index is 2.78. The minimum Gasteiger partial charge on any atom is -0.444 e. The van der Waals surface area contributed by atoms with E-state index in [2.05, 4.69) is 12.2 Å². The Morgan fingerprint density at radius 2 is 1.95 bits per heavy atom. The second kappa shape index (κ2) is 6.06. The van der Waals surface area contributed by atoms with Gasteiger partial charge < -0.3 is 15.8 Å². The lowest BCUT2D eigenvalue weighted by Gasteiger charge is -2.23. The Morgan fingerprint density at radius 1 is 1.32 bits per heavy atom. The van der Waals surface area contributed by atoms with Crippen molar-refractivity contribution < 1.29 is 9.53 Å². The molecule has 0 aliphatic carbocycles. The van der Waals surface area contributed by atoms with Gasteiger partial charge in [0.2, 0.25) is 0 Å². The van der Waals surface area contributed by atoms with Crippen LogP contribution in [0.1, 0.15) is 43.5 Å². The summed E-state index contributed by atoms with van der Waals surface area (Å²) in [5, 5.41) is 2.80. The van der Waals surface area contributed by atoms with Crippen molar-refractivity contribution in [2.75, 3.05) is 6.54 Å². The molecular weight excluding hydrogens is 240 g/mol. The molecule has 0 saturated heterocycles. The summed E-state index contributed by atoms with van der Waals surface area (Å²) in [4.78, 5) is 11.8. The molecule has 4 heteroatoms. The van der Waals surface area contributed by atoms with E-state index in [-0.39, 0.29) is 6.04 Å². The highest BCUT2D eigenvalue weighted by Gasteiger charge is 2.19. The summed E-state index contributed by atoms with van der Waals surface area (Å²) in [5.74, 6) is 0. The molecule has 0 aliphatic heterocycles. The summed E-state index contributed by atoms with van der Waals surface area (Å²) >= 11 is 0. The van der Waals surface area contributed by atoms with Crippen LogP contribution in [-0.4, -0.2) is 18.2 Å². The molecule has 0 aliphatic rings. The van der Waals surface area contributed by atoms with E-state index in [0.717, 1.165) is 5.56 Å². The van der Waals surface area contributed by atoms with Gasteiger partial charge >= 0.3 is 6.09 Å². The van der Waals surface area contributed by atoms with E-state index in [4.69, 9.17) is 10.5 Å². The first-order valence-corrected chi connectivity index (χ1v) is 6.49. The third-order valence-electron chi connectivity index (χ3n) is 2.86. The standard InChI is InChI=1S/C15H24N2O2/c1-10-6-7-12(8-11(10)2)13(9-16)17-14(18)19-15(3,4)5/h6-8,13H,9,16H2,1-5H3,(H,17,18). The predicted octanol–water partition coefficient (Wildman–Crippen LogP) is 2.83. The topological polar surface area (TPSA) is 64.3 Å².